The molecule has 0 aliphatic heterocycles. The number of aryl methyl sites for hydroxylation is 1. The van der Waals surface area contributed by atoms with Crippen molar-refractivity contribution in [3.05, 3.63) is 29.3 Å². The quantitative estimate of drug-likeness (QED) is 0.484. The van der Waals surface area contributed by atoms with Crippen LogP contribution in [0.4, 0.5) is 0 Å². The molecule has 0 aliphatic carbocycles. The Labute approximate surface area is 83.7 Å². The molecule has 0 spiro atoms. The Morgan fingerprint density at radius 1 is 1.57 bits per heavy atom. The third kappa shape index (κ3) is 2.45. The number of benzene rings is 1. The summed E-state index contributed by atoms with van der Waals surface area (Å²) in [7, 11) is 1.62. The summed E-state index contributed by atoms with van der Waals surface area (Å²) in [6.45, 7) is 2.27. The third-order valence-electron chi connectivity index (χ3n) is 2.11. The molecule has 0 aromatic heterocycles. The van der Waals surface area contributed by atoms with Crippen molar-refractivity contribution in [2.75, 3.05) is 13.7 Å². The molecule has 0 saturated heterocycles. The van der Waals surface area contributed by atoms with Gasteiger partial charge in [0.15, 0.2) is 0 Å². The van der Waals surface area contributed by atoms with E-state index in [9.17, 15) is 5.11 Å². The standard InChI is InChI=1S/C10H16N2O2/c1-7-5-8(9(13)6-12-11)3-4-10(7)14-2/h3-5,9,12-13H,6,11H2,1-2H3. The van der Waals surface area contributed by atoms with Crippen LogP contribution in [0.3, 0.4) is 0 Å². The van der Waals surface area contributed by atoms with Crippen molar-refractivity contribution in [2.24, 2.45) is 5.84 Å². The van der Waals surface area contributed by atoms with E-state index < -0.39 is 6.10 Å². The molecule has 0 aliphatic rings. The zero-order valence-electron chi connectivity index (χ0n) is 8.45. The lowest BCUT2D eigenvalue weighted by molar-refractivity contribution is 0.175. The molecule has 1 aromatic carbocycles. The number of aliphatic hydroxyl groups excluding tert-OH is 1. The first-order valence-corrected chi connectivity index (χ1v) is 4.45. The van der Waals surface area contributed by atoms with Gasteiger partial charge in [0.05, 0.1) is 13.2 Å². The molecule has 1 atom stereocenters. The smallest absolute Gasteiger partial charge is 0.121 e. The summed E-state index contributed by atoms with van der Waals surface area (Å²) >= 11 is 0. The number of rotatable bonds is 4. The minimum atomic E-state index is -0.579. The summed E-state index contributed by atoms with van der Waals surface area (Å²) in [5.74, 6) is 5.95. The van der Waals surface area contributed by atoms with E-state index in [2.05, 4.69) is 5.43 Å². The first-order valence-electron chi connectivity index (χ1n) is 4.45. The van der Waals surface area contributed by atoms with Gasteiger partial charge in [-0.2, -0.15) is 0 Å². The number of hydrogen-bond donors (Lipinski definition) is 3. The highest BCUT2D eigenvalue weighted by molar-refractivity contribution is 5.37. The Balaban J connectivity index is 2.85. The molecule has 1 aromatic rings. The second-order valence-electron chi connectivity index (χ2n) is 3.15. The molecule has 4 heteroatoms. The van der Waals surface area contributed by atoms with Crippen LogP contribution in [0.25, 0.3) is 0 Å². The lowest BCUT2D eigenvalue weighted by atomic mass is 10.1. The predicted molar refractivity (Wildman–Crippen MR) is 54.9 cm³/mol. The van der Waals surface area contributed by atoms with E-state index in [-0.39, 0.29) is 0 Å². The SMILES string of the molecule is COc1ccc(C(O)CNN)cc1C. The Kier molecular flexibility index (Phi) is 3.88. The van der Waals surface area contributed by atoms with Crippen LogP contribution in [0.2, 0.25) is 0 Å². The molecular weight excluding hydrogens is 180 g/mol. The van der Waals surface area contributed by atoms with Gasteiger partial charge in [-0.15, -0.1) is 0 Å². The van der Waals surface area contributed by atoms with E-state index in [1.165, 1.54) is 0 Å². The van der Waals surface area contributed by atoms with Crippen molar-refractivity contribution >= 4 is 0 Å². The van der Waals surface area contributed by atoms with E-state index in [0.717, 1.165) is 16.9 Å². The fourth-order valence-electron chi connectivity index (χ4n) is 1.34. The fraction of sp³-hybridized carbons (Fsp3) is 0.400. The number of ether oxygens (including phenoxy) is 1. The highest BCUT2D eigenvalue weighted by atomic mass is 16.5. The van der Waals surface area contributed by atoms with Gasteiger partial charge in [0.2, 0.25) is 0 Å². The normalized spacial score (nSPS) is 12.6. The summed E-state index contributed by atoms with van der Waals surface area (Å²) in [5.41, 5.74) is 4.27. The van der Waals surface area contributed by atoms with E-state index in [4.69, 9.17) is 10.6 Å². The van der Waals surface area contributed by atoms with Gasteiger partial charge in [0, 0.05) is 6.54 Å². The van der Waals surface area contributed by atoms with Crippen molar-refractivity contribution < 1.29 is 9.84 Å². The molecule has 0 bridgehead atoms. The van der Waals surface area contributed by atoms with E-state index >= 15 is 0 Å². The van der Waals surface area contributed by atoms with Crippen LogP contribution in [0.15, 0.2) is 18.2 Å². The molecule has 1 rings (SSSR count). The molecule has 0 heterocycles. The minimum absolute atomic E-state index is 0.339. The average molecular weight is 196 g/mol. The number of hydrogen-bond acceptors (Lipinski definition) is 4. The summed E-state index contributed by atoms with van der Waals surface area (Å²) in [6, 6.07) is 5.55. The first-order chi connectivity index (χ1) is 6.69. The van der Waals surface area contributed by atoms with Crippen molar-refractivity contribution in [1.29, 1.82) is 0 Å². The van der Waals surface area contributed by atoms with Gasteiger partial charge in [-0.05, 0) is 30.2 Å². The lowest BCUT2D eigenvalue weighted by Crippen LogP contribution is -2.27. The highest BCUT2D eigenvalue weighted by Crippen LogP contribution is 2.21. The van der Waals surface area contributed by atoms with Gasteiger partial charge in [0.1, 0.15) is 5.75 Å². The van der Waals surface area contributed by atoms with Crippen molar-refractivity contribution in [3.63, 3.8) is 0 Å². The van der Waals surface area contributed by atoms with E-state index in [1.54, 1.807) is 7.11 Å². The summed E-state index contributed by atoms with van der Waals surface area (Å²) in [5, 5.41) is 9.63. The summed E-state index contributed by atoms with van der Waals surface area (Å²) in [6.07, 6.45) is -0.579. The molecule has 0 radical (unpaired) electrons. The van der Waals surface area contributed by atoms with Gasteiger partial charge < -0.3 is 9.84 Å². The monoisotopic (exact) mass is 196 g/mol. The van der Waals surface area contributed by atoms with Gasteiger partial charge in [0.25, 0.3) is 0 Å². The second kappa shape index (κ2) is 4.95. The first kappa shape index (κ1) is 11.0. The molecule has 4 N–H and O–H groups in total. The van der Waals surface area contributed by atoms with Gasteiger partial charge in [-0.1, -0.05) is 6.07 Å². The van der Waals surface area contributed by atoms with Crippen LogP contribution in [0.1, 0.15) is 17.2 Å². The molecular formula is C10H16N2O2. The van der Waals surface area contributed by atoms with Crippen LogP contribution in [-0.2, 0) is 0 Å². The number of nitrogens with two attached hydrogens (primary N) is 1. The number of aliphatic hydroxyl groups is 1. The molecule has 0 fully saturated rings. The average Bonchev–Trinajstić information content (AvgIpc) is 2.18. The summed E-state index contributed by atoms with van der Waals surface area (Å²) < 4.78 is 5.12. The van der Waals surface area contributed by atoms with E-state index in [1.807, 2.05) is 25.1 Å². The molecule has 14 heavy (non-hydrogen) atoms. The van der Waals surface area contributed by atoms with Crippen molar-refractivity contribution in [3.8, 4) is 5.75 Å². The number of hydrazine groups is 1. The maximum Gasteiger partial charge on any atom is 0.121 e. The maximum atomic E-state index is 9.63. The predicted octanol–water partition coefficient (Wildman–Crippen LogP) is 0.500. The number of methoxy groups -OCH3 is 1. The lowest BCUT2D eigenvalue weighted by Gasteiger charge is -2.12. The fourth-order valence-corrected chi connectivity index (χ4v) is 1.34. The zero-order chi connectivity index (χ0) is 10.6. The Morgan fingerprint density at radius 2 is 2.29 bits per heavy atom. The highest BCUT2D eigenvalue weighted by Gasteiger charge is 2.07. The van der Waals surface area contributed by atoms with Crippen molar-refractivity contribution in [1.82, 2.24) is 5.43 Å². The third-order valence-corrected chi connectivity index (χ3v) is 2.11. The zero-order valence-corrected chi connectivity index (χ0v) is 8.45. The maximum absolute atomic E-state index is 9.63. The Bertz CT molecular complexity index is 302. The summed E-state index contributed by atoms with van der Waals surface area (Å²) in [4.78, 5) is 0. The second-order valence-corrected chi connectivity index (χ2v) is 3.15. The van der Waals surface area contributed by atoms with Crippen molar-refractivity contribution in [2.45, 2.75) is 13.0 Å². The van der Waals surface area contributed by atoms with Gasteiger partial charge in [-0.25, -0.2) is 0 Å². The molecule has 0 saturated carbocycles. The van der Waals surface area contributed by atoms with E-state index in [0.29, 0.717) is 6.54 Å². The van der Waals surface area contributed by atoms with Crippen LogP contribution >= 0.6 is 0 Å². The molecule has 0 amide bonds. The van der Waals surface area contributed by atoms with Crippen LogP contribution in [0, 0.1) is 6.92 Å². The van der Waals surface area contributed by atoms with Crippen LogP contribution in [0.5, 0.6) is 5.75 Å². The number of nitrogens with one attached hydrogen (secondary N) is 1. The largest absolute Gasteiger partial charge is 0.496 e. The Hall–Kier alpha value is -1.10. The van der Waals surface area contributed by atoms with Gasteiger partial charge >= 0.3 is 0 Å². The Morgan fingerprint density at radius 3 is 2.79 bits per heavy atom. The molecule has 78 valence electrons. The van der Waals surface area contributed by atoms with Crippen LogP contribution in [-0.4, -0.2) is 18.8 Å². The minimum Gasteiger partial charge on any atom is -0.496 e. The topological polar surface area (TPSA) is 67.5 Å². The van der Waals surface area contributed by atoms with Crippen LogP contribution < -0.4 is 16.0 Å². The van der Waals surface area contributed by atoms with Gasteiger partial charge in [-0.3, -0.25) is 11.3 Å². The molecule has 4 nitrogen and oxygen atoms in total. The molecule has 1 unspecified atom stereocenters.